The van der Waals surface area contributed by atoms with Crippen molar-refractivity contribution in [1.82, 2.24) is 13.7 Å². The number of aryl methyl sites for hydroxylation is 6. The van der Waals surface area contributed by atoms with E-state index in [4.69, 9.17) is 0 Å². The van der Waals surface area contributed by atoms with E-state index in [2.05, 4.69) is 14.8 Å². The lowest BCUT2D eigenvalue weighted by atomic mass is 10.0. The minimum Gasteiger partial charge on any atom is -0.507 e. The summed E-state index contributed by atoms with van der Waals surface area (Å²) in [6.07, 6.45) is 3.63. The first-order valence-corrected chi connectivity index (χ1v) is 16.9. The molecule has 4 aromatic rings. The van der Waals surface area contributed by atoms with E-state index in [0.717, 1.165) is 32.1 Å². The van der Waals surface area contributed by atoms with Crippen molar-refractivity contribution in [3.8, 4) is 17.2 Å². The summed E-state index contributed by atoms with van der Waals surface area (Å²) in [5.74, 6) is 0.574. The molecule has 258 valence electrons. The number of aromatic nitrogens is 3. The monoisotopic (exact) mass is 657 g/mol. The summed E-state index contributed by atoms with van der Waals surface area (Å²) in [7, 11) is 4.50. The van der Waals surface area contributed by atoms with Crippen molar-refractivity contribution in [2.24, 2.45) is 0 Å². The Balaban J connectivity index is 0.00000193. The maximum atomic E-state index is 13.9. The molecule has 2 radical (unpaired) electrons. The van der Waals surface area contributed by atoms with Crippen molar-refractivity contribution in [2.45, 2.75) is 114 Å². The first-order valence-electron chi connectivity index (χ1n) is 16.9. The van der Waals surface area contributed by atoms with Gasteiger partial charge in [0.2, 0.25) is 0 Å². The van der Waals surface area contributed by atoms with E-state index < -0.39 is 17.1 Å². The van der Waals surface area contributed by atoms with Crippen LogP contribution in [0, 0.1) is 20.8 Å². The lowest BCUT2D eigenvalue weighted by Crippen LogP contribution is -2.54. The van der Waals surface area contributed by atoms with E-state index in [1.807, 2.05) is 33.8 Å². The van der Waals surface area contributed by atoms with Gasteiger partial charge in [-0.2, -0.15) is 0 Å². The van der Waals surface area contributed by atoms with E-state index in [1.165, 1.54) is 6.82 Å². The summed E-state index contributed by atoms with van der Waals surface area (Å²) < 4.78 is 3.19. The number of hydrogen-bond donors (Lipinski definition) is 3. The van der Waals surface area contributed by atoms with Gasteiger partial charge in [0.1, 0.15) is 17.2 Å². The van der Waals surface area contributed by atoms with E-state index in [0.29, 0.717) is 63.8 Å². The fourth-order valence-electron chi connectivity index (χ4n) is 5.81. The fourth-order valence-corrected chi connectivity index (χ4v) is 5.81. The summed E-state index contributed by atoms with van der Waals surface area (Å²) >= 11 is 0. The van der Waals surface area contributed by atoms with Crippen molar-refractivity contribution in [3.63, 3.8) is 0 Å². The topological polar surface area (TPSA) is 127 Å². The van der Waals surface area contributed by atoms with Gasteiger partial charge in [-0.25, -0.2) is 28.1 Å². The Morgan fingerprint density at radius 2 is 0.833 bits per heavy atom. The molecular formula is C38H52BN3O6. The average Bonchev–Trinajstić information content (AvgIpc) is 3.09. The Morgan fingerprint density at radius 3 is 1.12 bits per heavy atom. The van der Waals surface area contributed by atoms with Gasteiger partial charge in [0.25, 0.3) is 0 Å². The zero-order valence-corrected chi connectivity index (χ0v) is 30.1. The molecule has 0 unspecified atom stereocenters. The van der Waals surface area contributed by atoms with Crippen molar-refractivity contribution >= 4 is 7.85 Å². The molecular weight excluding hydrogens is 605 g/mol. The van der Waals surface area contributed by atoms with Gasteiger partial charge in [-0.05, 0) is 96.5 Å². The van der Waals surface area contributed by atoms with Gasteiger partial charge in [0.15, 0.2) is 0 Å². The normalized spacial score (nSPS) is 10.6. The van der Waals surface area contributed by atoms with Crippen molar-refractivity contribution in [2.75, 3.05) is 0 Å². The highest BCUT2D eigenvalue weighted by atomic mass is 16.3. The molecule has 0 spiro atoms. The van der Waals surface area contributed by atoms with Crippen LogP contribution in [0.25, 0.3) is 0 Å². The quantitative estimate of drug-likeness (QED) is 0.169. The smallest absolute Gasteiger partial charge is 0.336 e. The second kappa shape index (κ2) is 18.2. The fraction of sp³-hybridized carbons (Fsp3) is 0.447. The molecule has 9 nitrogen and oxygen atoms in total. The Bertz CT molecular complexity index is 1790. The first kappa shape index (κ1) is 39.7. The number of unbranched alkanes of at least 4 members (excludes halogenated alkanes) is 1. The molecule has 0 fully saturated rings. The highest BCUT2D eigenvalue weighted by molar-refractivity contribution is 6.05. The van der Waals surface area contributed by atoms with Crippen LogP contribution in [-0.4, -0.2) is 36.9 Å². The second-order valence-corrected chi connectivity index (χ2v) is 11.7. The van der Waals surface area contributed by atoms with Gasteiger partial charge in [-0.3, -0.25) is 0 Å². The summed E-state index contributed by atoms with van der Waals surface area (Å²) in [4.78, 5) is 41.7. The second-order valence-electron chi connectivity index (χ2n) is 11.7. The van der Waals surface area contributed by atoms with E-state index in [9.17, 15) is 29.7 Å². The number of hydrogen-bond acceptors (Lipinski definition) is 6. The third kappa shape index (κ3) is 8.91. The van der Waals surface area contributed by atoms with Crippen LogP contribution >= 0.6 is 0 Å². The highest BCUT2D eigenvalue weighted by Gasteiger charge is 2.19. The molecule has 0 saturated carbocycles. The standard InChI is InChI=1S/C35H43N3O6.C2H6.CH3B/c1-7-10-11-29-17-26(14-23(6)32(29)41)20-38-34(43)36(18-24-12-21(4)30(39)27(8-2)15-24)33(42)37(35(38)44)19-25-13-22(5)31(40)28(9-3)16-25;2*1-2/h12-17,39-41H,7-11,18-20H2,1-6H3;1-2H3;1H3. The summed E-state index contributed by atoms with van der Waals surface area (Å²) in [5.41, 5.74) is 3.83. The number of nitrogens with zero attached hydrogens (tertiary/aromatic N) is 3. The van der Waals surface area contributed by atoms with E-state index in [1.54, 1.807) is 51.1 Å². The number of benzene rings is 3. The van der Waals surface area contributed by atoms with Crippen LogP contribution in [0.5, 0.6) is 17.2 Å². The van der Waals surface area contributed by atoms with Gasteiger partial charge in [0, 0.05) is 0 Å². The molecule has 0 aliphatic heterocycles. The zero-order valence-electron chi connectivity index (χ0n) is 30.1. The van der Waals surface area contributed by atoms with Gasteiger partial charge in [0.05, 0.1) is 27.5 Å². The van der Waals surface area contributed by atoms with Gasteiger partial charge in [-0.1, -0.05) is 84.3 Å². The predicted molar refractivity (Wildman–Crippen MR) is 195 cm³/mol. The molecule has 1 aromatic heterocycles. The third-order valence-corrected chi connectivity index (χ3v) is 8.29. The number of phenolic OH excluding ortho intramolecular Hbond substituents is 3. The van der Waals surface area contributed by atoms with Crippen LogP contribution in [0.15, 0.2) is 50.8 Å². The zero-order chi connectivity index (χ0) is 36.3. The minimum absolute atomic E-state index is 0.0815. The lowest BCUT2D eigenvalue weighted by Gasteiger charge is -2.17. The largest absolute Gasteiger partial charge is 0.507 e. The maximum absolute atomic E-state index is 13.9. The Labute approximate surface area is 285 Å². The highest BCUT2D eigenvalue weighted by Crippen LogP contribution is 2.27. The lowest BCUT2D eigenvalue weighted by molar-refractivity contribution is 0.461. The third-order valence-electron chi connectivity index (χ3n) is 8.29. The molecule has 0 atom stereocenters. The molecule has 0 aliphatic carbocycles. The number of aromatic hydroxyl groups is 3. The minimum atomic E-state index is -0.741. The first-order chi connectivity index (χ1) is 22.9. The van der Waals surface area contributed by atoms with Crippen molar-refractivity contribution < 1.29 is 15.3 Å². The molecule has 0 saturated heterocycles. The average molecular weight is 658 g/mol. The van der Waals surface area contributed by atoms with Gasteiger partial charge < -0.3 is 15.3 Å². The van der Waals surface area contributed by atoms with Crippen LogP contribution in [0.3, 0.4) is 0 Å². The van der Waals surface area contributed by atoms with Crippen LogP contribution in [-0.2, 0) is 38.9 Å². The van der Waals surface area contributed by atoms with Crippen molar-refractivity contribution in [3.05, 3.63) is 118 Å². The number of rotatable bonds is 11. The Kier molecular flexibility index (Phi) is 15.0. The van der Waals surface area contributed by atoms with Gasteiger partial charge in [-0.15, -0.1) is 0 Å². The molecule has 3 N–H and O–H groups in total. The van der Waals surface area contributed by atoms with Crippen LogP contribution in [0.2, 0.25) is 6.82 Å². The molecule has 48 heavy (non-hydrogen) atoms. The molecule has 0 bridgehead atoms. The van der Waals surface area contributed by atoms with Gasteiger partial charge >= 0.3 is 17.1 Å². The van der Waals surface area contributed by atoms with Crippen LogP contribution in [0.1, 0.15) is 97.5 Å². The predicted octanol–water partition coefficient (Wildman–Crippen LogP) is 6.06. The molecule has 3 aromatic carbocycles. The molecule has 0 amide bonds. The molecule has 0 aliphatic rings. The van der Waals surface area contributed by atoms with E-state index >= 15 is 0 Å². The molecule has 1 heterocycles. The maximum Gasteiger partial charge on any atom is 0.336 e. The summed E-state index contributed by atoms with van der Waals surface area (Å²) in [6.45, 7) is 16.5. The SMILES string of the molecule is CC.CCCCc1cc(Cn2c(=O)n(Cc3cc(C)c(O)c(CC)c3)c(=O)n(Cc3cc(C)c(O)c(CC)c3)c2=O)cc(C)c1O.[B]C. The molecule has 10 heteroatoms. The Morgan fingerprint density at radius 1 is 0.542 bits per heavy atom. The summed E-state index contributed by atoms with van der Waals surface area (Å²) in [6, 6.07) is 10.6. The van der Waals surface area contributed by atoms with E-state index in [-0.39, 0.29) is 36.9 Å². The summed E-state index contributed by atoms with van der Waals surface area (Å²) in [5, 5.41) is 31.5. The van der Waals surface area contributed by atoms with Crippen LogP contribution < -0.4 is 17.1 Å². The van der Waals surface area contributed by atoms with Crippen LogP contribution in [0.4, 0.5) is 0 Å². The van der Waals surface area contributed by atoms with Crippen molar-refractivity contribution in [1.29, 1.82) is 0 Å². The Hall–Kier alpha value is -4.47. The molecule has 4 rings (SSSR count). The number of phenols is 3.